The van der Waals surface area contributed by atoms with E-state index in [-0.39, 0.29) is 11.8 Å². The van der Waals surface area contributed by atoms with E-state index in [2.05, 4.69) is 22.0 Å². The molecule has 6 heteroatoms. The highest BCUT2D eigenvalue weighted by Crippen LogP contribution is 2.26. The Kier molecular flexibility index (Phi) is 4.46. The lowest BCUT2D eigenvalue weighted by molar-refractivity contribution is 0.0689. The van der Waals surface area contributed by atoms with Crippen LogP contribution >= 0.6 is 0 Å². The van der Waals surface area contributed by atoms with Gasteiger partial charge in [-0.3, -0.25) is 9.78 Å². The predicted octanol–water partition coefficient (Wildman–Crippen LogP) is 2.44. The van der Waals surface area contributed by atoms with Crippen LogP contribution in [0.15, 0.2) is 28.9 Å². The van der Waals surface area contributed by atoms with Crippen molar-refractivity contribution in [2.75, 3.05) is 13.1 Å². The first kappa shape index (κ1) is 14.7. The van der Waals surface area contributed by atoms with E-state index in [0.717, 1.165) is 38.1 Å². The number of amides is 1. The number of carbonyl (C=O) groups is 1. The molecule has 0 aliphatic carbocycles. The van der Waals surface area contributed by atoms with Crippen LogP contribution in [0.25, 0.3) is 0 Å². The average Bonchev–Trinajstić information content (AvgIpc) is 3.04. The maximum Gasteiger partial charge on any atom is 0.272 e. The van der Waals surface area contributed by atoms with Crippen molar-refractivity contribution >= 4 is 5.91 Å². The standard InChI is InChI=1S/C16H20N4O2/c1-2-6-14-18-15(22-19-14)12-7-5-10-20(11-12)16(21)13-8-3-4-9-17-13/h3-4,8-9,12H,2,5-7,10-11H2,1H3/t12-/m1/s1. The summed E-state index contributed by atoms with van der Waals surface area (Å²) < 4.78 is 5.38. The molecule has 3 heterocycles. The van der Waals surface area contributed by atoms with Gasteiger partial charge in [0.1, 0.15) is 5.69 Å². The van der Waals surface area contributed by atoms with Gasteiger partial charge in [0.2, 0.25) is 5.89 Å². The molecule has 0 aromatic carbocycles. The molecule has 1 atom stereocenters. The normalized spacial score (nSPS) is 18.4. The number of piperidine rings is 1. The molecule has 116 valence electrons. The van der Waals surface area contributed by atoms with Crippen LogP contribution in [0, 0.1) is 0 Å². The van der Waals surface area contributed by atoms with Gasteiger partial charge in [-0.2, -0.15) is 4.98 Å². The lowest BCUT2D eigenvalue weighted by atomic mass is 9.97. The zero-order valence-electron chi connectivity index (χ0n) is 12.7. The summed E-state index contributed by atoms with van der Waals surface area (Å²) in [5.41, 5.74) is 0.486. The minimum atomic E-state index is -0.0291. The highest BCUT2D eigenvalue weighted by Gasteiger charge is 2.29. The summed E-state index contributed by atoms with van der Waals surface area (Å²) in [5.74, 6) is 1.51. The van der Waals surface area contributed by atoms with E-state index in [4.69, 9.17) is 4.52 Å². The van der Waals surface area contributed by atoms with Crippen LogP contribution in [0.1, 0.15) is 54.3 Å². The third-order valence-corrected chi connectivity index (χ3v) is 3.90. The number of nitrogens with zero attached hydrogens (tertiary/aromatic N) is 4. The molecule has 1 amide bonds. The molecule has 0 bridgehead atoms. The van der Waals surface area contributed by atoms with Crippen LogP contribution in [-0.4, -0.2) is 39.0 Å². The first-order valence-electron chi connectivity index (χ1n) is 7.80. The van der Waals surface area contributed by atoms with E-state index in [9.17, 15) is 4.79 Å². The minimum absolute atomic E-state index is 0.0291. The van der Waals surface area contributed by atoms with Crippen molar-refractivity contribution < 1.29 is 9.32 Å². The lowest BCUT2D eigenvalue weighted by Crippen LogP contribution is -2.39. The van der Waals surface area contributed by atoms with Crippen molar-refractivity contribution in [3.8, 4) is 0 Å². The van der Waals surface area contributed by atoms with Crippen molar-refractivity contribution in [3.63, 3.8) is 0 Å². The maximum atomic E-state index is 12.5. The summed E-state index contributed by atoms with van der Waals surface area (Å²) in [6, 6.07) is 5.39. The Balaban J connectivity index is 1.69. The average molecular weight is 300 g/mol. The lowest BCUT2D eigenvalue weighted by Gasteiger charge is -2.30. The molecule has 0 spiro atoms. The quantitative estimate of drug-likeness (QED) is 0.867. The van der Waals surface area contributed by atoms with Gasteiger partial charge in [0, 0.05) is 25.7 Å². The summed E-state index contributed by atoms with van der Waals surface area (Å²) >= 11 is 0. The van der Waals surface area contributed by atoms with Gasteiger partial charge < -0.3 is 9.42 Å². The molecule has 6 nitrogen and oxygen atoms in total. The number of aromatic nitrogens is 3. The van der Waals surface area contributed by atoms with Crippen molar-refractivity contribution in [1.82, 2.24) is 20.0 Å². The van der Waals surface area contributed by atoms with Crippen molar-refractivity contribution in [2.24, 2.45) is 0 Å². The van der Waals surface area contributed by atoms with Gasteiger partial charge in [0.25, 0.3) is 5.91 Å². The second-order valence-corrected chi connectivity index (χ2v) is 5.60. The van der Waals surface area contributed by atoms with Crippen LogP contribution < -0.4 is 0 Å². The summed E-state index contributed by atoms with van der Waals surface area (Å²) in [6.45, 7) is 3.45. The molecule has 1 aliphatic heterocycles. The van der Waals surface area contributed by atoms with Crippen LogP contribution in [0.5, 0.6) is 0 Å². The van der Waals surface area contributed by atoms with Crippen molar-refractivity contribution in [3.05, 3.63) is 41.8 Å². The van der Waals surface area contributed by atoms with Gasteiger partial charge in [-0.25, -0.2) is 0 Å². The molecule has 2 aromatic heterocycles. The summed E-state index contributed by atoms with van der Waals surface area (Å²) in [5, 5.41) is 4.01. The molecule has 1 saturated heterocycles. The molecule has 0 N–H and O–H groups in total. The molecule has 1 fully saturated rings. The highest BCUT2D eigenvalue weighted by molar-refractivity contribution is 5.92. The van der Waals surface area contributed by atoms with Gasteiger partial charge >= 0.3 is 0 Å². The Bertz CT molecular complexity index is 626. The third kappa shape index (κ3) is 3.16. The predicted molar refractivity (Wildman–Crippen MR) is 80.4 cm³/mol. The zero-order chi connectivity index (χ0) is 15.4. The summed E-state index contributed by atoms with van der Waals surface area (Å²) in [7, 11) is 0. The molecular formula is C16H20N4O2. The fourth-order valence-corrected chi connectivity index (χ4v) is 2.77. The zero-order valence-corrected chi connectivity index (χ0v) is 12.7. The molecule has 0 unspecified atom stereocenters. The van der Waals surface area contributed by atoms with Gasteiger partial charge in [-0.15, -0.1) is 0 Å². The molecule has 0 radical (unpaired) electrons. The number of pyridine rings is 1. The van der Waals surface area contributed by atoms with E-state index >= 15 is 0 Å². The second-order valence-electron chi connectivity index (χ2n) is 5.60. The second kappa shape index (κ2) is 6.68. The number of rotatable bonds is 4. The SMILES string of the molecule is CCCc1noc([C@@H]2CCCN(C(=O)c3ccccn3)C2)n1. The van der Waals surface area contributed by atoms with Gasteiger partial charge in [0.15, 0.2) is 5.82 Å². The largest absolute Gasteiger partial charge is 0.339 e. The molecular weight excluding hydrogens is 280 g/mol. The number of hydrogen-bond acceptors (Lipinski definition) is 5. The van der Waals surface area contributed by atoms with Crippen LogP contribution in [0.3, 0.4) is 0 Å². The molecule has 0 saturated carbocycles. The number of hydrogen-bond donors (Lipinski definition) is 0. The van der Waals surface area contributed by atoms with E-state index in [1.165, 1.54) is 0 Å². The molecule has 3 rings (SSSR count). The van der Waals surface area contributed by atoms with Gasteiger partial charge in [0.05, 0.1) is 5.92 Å². The number of likely N-dealkylation sites (tertiary alicyclic amines) is 1. The Morgan fingerprint density at radius 1 is 1.45 bits per heavy atom. The fourth-order valence-electron chi connectivity index (χ4n) is 2.77. The smallest absolute Gasteiger partial charge is 0.272 e. The summed E-state index contributed by atoms with van der Waals surface area (Å²) in [6.07, 6.45) is 5.37. The topological polar surface area (TPSA) is 72.1 Å². The number of carbonyl (C=O) groups excluding carboxylic acids is 1. The Morgan fingerprint density at radius 3 is 3.14 bits per heavy atom. The Hall–Kier alpha value is -2.24. The Morgan fingerprint density at radius 2 is 2.36 bits per heavy atom. The third-order valence-electron chi connectivity index (χ3n) is 3.90. The monoisotopic (exact) mass is 300 g/mol. The first-order chi connectivity index (χ1) is 10.8. The van der Waals surface area contributed by atoms with Crippen LogP contribution in [0.4, 0.5) is 0 Å². The van der Waals surface area contributed by atoms with Crippen molar-refractivity contribution in [2.45, 2.75) is 38.5 Å². The maximum absolute atomic E-state index is 12.5. The molecule has 2 aromatic rings. The van der Waals surface area contributed by atoms with E-state index in [1.54, 1.807) is 12.3 Å². The molecule has 1 aliphatic rings. The van der Waals surface area contributed by atoms with Crippen LogP contribution in [0.2, 0.25) is 0 Å². The van der Waals surface area contributed by atoms with E-state index < -0.39 is 0 Å². The van der Waals surface area contributed by atoms with Gasteiger partial charge in [-0.1, -0.05) is 18.1 Å². The fraction of sp³-hybridized carbons (Fsp3) is 0.500. The summed E-state index contributed by atoms with van der Waals surface area (Å²) in [4.78, 5) is 22.9. The van der Waals surface area contributed by atoms with E-state index in [1.807, 2.05) is 17.0 Å². The number of aryl methyl sites for hydroxylation is 1. The highest BCUT2D eigenvalue weighted by atomic mass is 16.5. The van der Waals surface area contributed by atoms with E-state index in [0.29, 0.717) is 18.1 Å². The first-order valence-corrected chi connectivity index (χ1v) is 7.80. The minimum Gasteiger partial charge on any atom is -0.339 e. The van der Waals surface area contributed by atoms with Crippen LogP contribution in [-0.2, 0) is 6.42 Å². The van der Waals surface area contributed by atoms with Gasteiger partial charge in [-0.05, 0) is 31.4 Å². The molecule has 22 heavy (non-hydrogen) atoms. The Labute approximate surface area is 129 Å². The van der Waals surface area contributed by atoms with Crippen molar-refractivity contribution in [1.29, 1.82) is 0 Å².